The summed E-state index contributed by atoms with van der Waals surface area (Å²) in [7, 11) is 0. The average molecular weight is 462 g/mol. The lowest BCUT2D eigenvalue weighted by Crippen LogP contribution is -2.45. The number of hydrogen-bond donors (Lipinski definition) is 1. The number of nitrogens with zero attached hydrogens (tertiary/aromatic N) is 4. The lowest BCUT2D eigenvalue weighted by molar-refractivity contribution is 0.0743. The predicted molar refractivity (Wildman–Crippen MR) is 131 cm³/mol. The van der Waals surface area contributed by atoms with Crippen LogP contribution in [0.5, 0.6) is 0 Å². The molecule has 170 valence electrons. The first-order valence-electron chi connectivity index (χ1n) is 11.7. The van der Waals surface area contributed by atoms with Crippen molar-refractivity contribution in [3.63, 3.8) is 0 Å². The van der Waals surface area contributed by atoms with Crippen LogP contribution in [0, 0.1) is 0 Å². The maximum absolute atomic E-state index is 13.4. The van der Waals surface area contributed by atoms with E-state index in [0.29, 0.717) is 5.69 Å². The van der Waals surface area contributed by atoms with Crippen molar-refractivity contribution in [3.05, 3.63) is 76.3 Å². The third-order valence-electron chi connectivity index (χ3n) is 6.36. The van der Waals surface area contributed by atoms with Crippen molar-refractivity contribution < 1.29 is 4.79 Å². The van der Waals surface area contributed by atoms with Crippen molar-refractivity contribution >= 4 is 29.2 Å². The SMILES string of the molecule is O=C(NN1CCCCC1)c1nn(-c2ccncc2)c2c1CCCC/C2=C\c1ccc(Cl)cc1. The molecule has 0 atom stereocenters. The van der Waals surface area contributed by atoms with Crippen LogP contribution in [0.15, 0.2) is 48.8 Å². The second kappa shape index (κ2) is 9.89. The largest absolute Gasteiger partial charge is 0.286 e. The van der Waals surface area contributed by atoms with E-state index in [9.17, 15) is 4.79 Å². The van der Waals surface area contributed by atoms with Gasteiger partial charge in [0.15, 0.2) is 5.69 Å². The minimum atomic E-state index is -0.117. The highest BCUT2D eigenvalue weighted by Crippen LogP contribution is 2.35. The van der Waals surface area contributed by atoms with Crippen molar-refractivity contribution in [1.29, 1.82) is 0 Å². The zero-order valence-electron chi connectivity index (χ0n) is 18.6. The van der Waals surface area contributed by atoms with Crippen LogP contribution in [0.2, 0.25) is 5.02 Å². The van der Waals surface area contributed by atoms with Gasteiger partial charge in [0, 0.05) is 36.1 Å². The smallest absolute Gasteiger partial charge is 0.283 e. The van der Waals surface area contributed by atoms with Crippen LogP contribution in [-0.4, -0.2) is 38.8 Å². The van der Waals surface area contributed by atoms with Gasteiger partial charge in [-0.25, -0.2) is 9.69 Å². The number of hydrogen-bond acceptors (Lipinski definition) is 4. The van der Waals surface area contributed by atoms with Crippen LogP contribution in [0.4, 0.5) is 0 Å². The van der Waals surface area contributed by atoms with E-state index in [1.54, 1.807) is 12.4 Å². The fourth-order valence-electron chi connectivity index (χ4n) is 4.71. The monoisotopic (exact) mass is 461 g/mol. The molecule has 0 bridgehead atoms. The number of piperidine rings is 1. The number of halogens is 1. The van der Waals surface area contributed by atoms with E-state index in [1.807, 2.05) is 46.1 Å². The summed E-state index contributed by atoms with van der Waals surface area (Å²) in [5.74, 6) is -0.117. The molecule has 6 nitrogen and oxygen atoms in total. The summed E-state index contributed by atoms with van der Waals surface area (Å²) in [5, 5.41) is 7.62. The summed E-state index contributed by atoms with van der Waals surface area (Å²) in [4.78, 5) is 17.5. The van der Waals surface area contributed by atoms with E-state index in [2.05, 4.69) is 16.5 Å². The molecule has 1 aromatic carbocycles. The van der Waals surface area contributed by atoms with Gasteiger partial charge >= 0.3 is 0 Å². The summed E-state index contributed by atoms with van der Waals surface area (Å²) in [6.45, 7) is 1.78. The summed E-state index contributed by atoms with van der Waals surface area (Å²) in [5.41, 5.74) is 8.87. The molecule has 3 heterocycles. The highest BCUT2D eigenvalue weighted by Gasteiger charge is 2.28. The Kier molecular flexibility index (Phi) is 6.55. The van der Waals surface area contributed by atoms with Gasteiger partial charge in [-0.05, 0) is 80.0 Å². The van der Waals surface area contributed by atoms with Crippen molar-refractivity contribution in [2.75, 3.05) is 13.1 Å². The van der Waals surface area contributed by atoms with Crippen LogP contribution >= 0.6 is 11.6 Å². The number of carbonyl (C=O) groups excluding carboxylic acids is 1. The number of aromatic nitrogens is 3. The van der Waals surface area contributed by atoms with Crippen LogP contribution in [0.25, 0.3) is 17.3 Å². The van der Waals surface area contributed by atoms with Gasteiger partial charge in [-0.15, -0.1) is 0 Å². The zero-order valence-corrected chi connectivity index (χ0v) is 19.4. The van der Waals surface area contributed by atoms with Crippen molar-refractivity contribution in [2.24, 2.45) is 0 Å². The van der Waals surface area contributed by atoms with Crippen LogP contribution in [0.3, 0.4) is 0 Å². The average Bonchev–Trinajstić information content (AvgIpc) is 3.11. The van der Waals surface area contributed by atoms with Gasteiger partial charge in [0.2, 0.25) is 0 Å². The molecule has 1 aliphatic heterocycles. The lowest BCUT2D eigenvalue weighted by Gasteiger charge is -2.26. The minimum absolute atomic E-state index is 0.117. The molecule has 3 aromatic rings. The lowest BCUT2D eigenvalue weighted by atomic mass is 10.0. The Morgan fingerprint density at radius 3 is 2.42 bits per heavy atom. The van der Waals surface area contributed by atoms with Gasteiger partial charge in [-0.3, -0.25) is 15.2 Å². The molecular formula is C26H28ClN5O. The number of fused-ring (bicyclic) bond motifs is 1. The third kappa shape index (κ3) is 4.87. The number of rotatable bonds is 4. The molecule has 1 amide bonds. The molecule has 1 aliphatic carbocycles. The Hall–Kier alpha value is -2.96. The van der Waals surface area contributed by atoms with E-state index >= 15 is 0 Å². The molecule has 1 N–H and O–H groups in total. The Balaban J connectivity index is 1.60. The van der Waals surface area contributed by atoms with Gasteiger partial charge in [0.05, 0.1) is 11.4 Å². The standard InChI is InChI=1S/C26H28ClN5O/c27-21-10-8-19(9-11-21)18-20-6-2-3-7-23-24(26(33)30-31-16-4-1-5-17-31)29-32(25(20)23)22-12-14-28-15-13-22/h8-15,18H,1-7,16-17H2,(H,30,33)/b20-18+. The highest BCUT2D eigenvalue weighted by molar-refractivity contribution is 6.30. The molecule has 0 unspecified atom stereocenters. The Morgan fingerprint density at radius 1 is 0.939 bits per heavy atom. The molecule has 0 saturated carbocycles. The Bertz CT molecular complexity index is 1150. The highest BCUT2D eigenvalue weighted by atomic mass is 35.5. The van der Waals surface area contributed by atoms with E-state index < -0.39 is 0 Å². The first-order valence-corrected chi connectivity index (χ1v) is 12.1. The summed E-state index contributed by atoms with van der Waals surface area (Å²) in [6.07, 6.45) is 13.0. The zero-order chi connectivity index (χ0) is 22.6. The fourth-order valence-corrected chi connectivity index (χ4v) is 4.84. The number of allylic oxidation sites excluding steroid dienone is 1. The van der Waals surface area contributed by atoms with Gasteiger partial charge < -0.3 is 0 Å². The second-order valence-corrected chi connectivity index (χ2v) is 9.15. The van der Waals surface area contributed by atoms with Gasteiger partial charge in [-0.1, -0.05) is 30.2 Å². The number of amides is 1. The summed E-state index contributed by atoms with van der Waals surface area (Å²) < 4.78 is 1.93. The number of benzene rings is 1. The van der Waals surface area contributed by atoms with Gasteiger partial charge in [0.1, 0.15) is 0 Å². The van der Waals surface area contributed by atoms with E-state index in [1.165, 1.54) is 12.0 Å². The molecule has 33 heavy (non-hydrogen) atoms. The normalized spacial score (nSPS) is 18.0. The first kappa shape index (κ1) is 21.9. The Morgan fingerprint density at radius 2 is 1.67 bits per heavy atom. The van der Waals surface area contributed by atoms with Crippen LogP contribution in [0.1, 0.15) is 65.8 Å². The van der Waals surface area contributed by atoms with Crippen molar-refractivity contribution in [3.8, 4) is 5.69 Å². The first-order chi connectivity index (χ1) is 16.2. The minimum Gasteiger partial charge on any atom is -0.283 e. The molecule has 1 saturated heterocycles. The maximum atomic E-state index is 13.4. The predicted octanol–water partition coefficient (Wildman–Crippen LogP) is 5.32. The van der Waals surface area contributed by atoms with Crippen LogP contribution in [-0.2, 0) is 6.42 Å². The van der Waals surface area contributed by atoms with Gasteiger partial charge in [-0.2, -0.15) is 5.10 Å². The molecule has 5 rings (SSSR count). The Labute approximate surface area is 199 Å². The molecule has 1 fully saturated rings. The third-order valence-corrected chi connectivity index (χ3v) is 6.61. The molecule has 0 radical (unpaired) electrons. The quantitative estimate of drug-likeness (QED) is 0.534. The fraction of sp³-hybridized carbons (Fsp3) is 0.346. The van der Waals surface area contributed by atoms with E-state index in [0.717, 1.165) is 79.1 Å². The number of hydrazine groups is 1. The van der Waals surface area contributed by atoms with Crippen molar-refractivity contribution in [2.45, 2.75) is 44.9 Å². The second-order valence-electron chi connectivity index (χ2n) is 8.71. The van der Waals surface area contributed by atoms with E-state index in [-0.39, 0.29) is 5.91 Å². The topological polar surface area (TPSA) is 63.1 Å². The molecule has 2 aromatic heterocycles. The van der Waals surface area contributed by atoms with Crippen LogP contribution < -0.4 is 5.43 Å². The molecule has 7 heteroatoms. The number of nitrogens with one attached hydrogen (secondary N) is 1. The van der Waals surface area contributed by atoms with Crippen molar-refractivity contribution in [1.82, 2.24) is 25.2 Å². The maximum Gasteiger partial charge on any atom is 0.286 e. The molecular weight excluding hydrogens is 434 g/mol. The summed E-state index contributed by atoms with van der Waals surface area (Å²) in [6, 6.07) is 11.7. The molecule has 2 aliphatic rings. The molecule has 0 spiro atoms. The van der Waals surface area contributed by atoms with Gasteiger partial charge in [0.25, 0.3) is 5.91 Å². The number of carbonyl (C=O) groups is 1. The van der Waals surface area contributed by atoms with E-state index in [4.69, 9.17) is 16.7 Å². The summed E-state index contributed by atoms with van der Waals surface area (Å²) >= 11 is 6.10. The number of pyridine rings is 1.